The first-order valence-corrected chi connectivity index (χ1v) is 6.27. The molecule has 0 saturated heterocycles. The van der Waals surface area contributed by atoms with Crippen molar-refractivity contribution in [2.75, 3.05) is 6.54 Å². The van der Waals surface area contributed by atoms with E-state index in [2.05, 4.69) is 10.5 Å². The molecule has 0 aromatic heterocycles. The summed E-state index contributed by atoms with van der Waals surface area (Å²) in [6.07, 6.45) is 0. The molecule has 0 unspecified atom stereocenters. The first-order valence-electron chi connectivity index (χ1n) is 6.27. The van der Waals surface area contributed by atoms with E-state index in [1.165, 1.54) is 0 Å². The Morgan fingerprint density at radius 1 is 1.10 bits per heavy atom. The summed E-state index contributed by atoms with van der Waals surface area (Å²) in [7, 11) is 0. The molecule has 2 aromatic rings. The zero-order valence-electron chi connectivity index (χ0n) is 11.2. The average molecular weight is 265 g/mol. The van der Waals surface area contributed by atoms with Gasteiger partial charge >= 0.3 is 0 Å². The summed E-state index contributed by atoms with van der Waals surface area (Å²) in [4.78, 5) is 0. The van der Waals surface area contributed by atoms with E-state index in [9.17, 15) is 0 Å². The summed E-state index contributed by atoms with van der Waals surface area (Å²) in [5.41, 5.74) is 4.49. The third-order valence-corrected chi connectivity index (χ3v) is 2.66. The highest BCUT2D eigenvalue weighted by molar-refractivity contribution is 5.98. The Hall–Kier alpha value is -2.80. The van der Waals surface area contributed by atoms with E-state index in [-0.39, 0.29) is 6.54 Å². The summed E-state index contributed by atoms with van der Waals surface area (Å²) >= 11 is 0. The molecule has 0 spiro atoms. The molecule has 0 saturated carbocycles. The molecule has 0 heterocycles. The minimum Gasteiger partial charge on any atom is -0.457 e. The van der Waals surface area contributed by atoms with Gasteiger partial charge in [-0.2, -0.15) is 10.4 Å². The number of nitrogens with one attached hydrogen (secondary N) is 1. The number of nitriles is 1. The Kier molecular flexibility index (Phi) is 4.74. The minimum absolute atomic E-state index is 0.201. The fourth-order valence-electron chi connectivity index (χ4n) is 1.65. The Bertz CT molecular complexity index is 612. The van der Waals surface area contributed by atoms with Crippen LogP contribution in [0.1, 0.15) is 12.5 Å². The van der Waals surface area contributed by atoms with Crippen LogP contribution in [0.4, 0.5) is 0 Å². The van der Waals surface area contributed by atoms with Crippen molar-refractivity contribution < 1.29 is 4.74 Å². The molecule has 0 bridgehead atoms. The molecule has 4 heteroatoms. The zero-order valence-corrected chi connectivity index (χ0v) is 11.2. The van der Waals surface area contributed by atoms with E-state index in [1.807, 2.05) is 67.6 Å². The third-order valence-electron chi connectivity index (χ3n) is 2.66. The SMILES string of the molecule is C/C(=N/NCC#N)c1ccc(Oc2ccccc2)cc1. The van der Waals surface area contributed by atoms with Gasteiger partial charge in [-0.05, 0) is 48.9 Å². The molecular formula is C16H15N3O. The molecular weight excluding hydrogens is 250 g/mol. The third kappa shape index (κ3) is 3.85. The maximum Gasteiger partial charge on any atom is 0.127 e. The van der Waals surface area contributed by atoms with E-state index in [0.717, 1.165) is 22.8 Å². The summed E-state index contributed by atoms with van der Waals surface area (Å²) in [5.74, 6) is 1.58. The van der Waals surface area contributed by atoms with E-state index in [4.69, 9.17) is 10.00 Å². The largest absolute Gasteiger partial charge is 0.457 e. The van der Waals surface area contributed by atoms with Gasteiger partial charge in [0.15, 0.2) is 0 Å². The van der Waals surface area contributed by atoms with Crippen LogP contribution in [0.2, 0.25) is 0 Å². The van der Waals surface area contributed by atoms with Crippen LogP contribution in [0, 0.1) is 11.3 Å². The van der Waals surface area contributed by atoms with Crippen LogP contribution in [0.5, 0.6) is 11.5 Å². The molecule has 2 rings (SSSR count). The van der Waals surface area contributed by atoms with Crippen LogP contribution in [0.3, 0.4) is 0 Å². The molecule has 20 heavy (non-hydrogen) atoms. The van der Waals surface area contributed by atoms with Gasteiger partial charge in [0, 0.05) is 0 Å². The maximum atomic E-state index is 8.43. The number of hydrazone groups is 1. The van der Waals surface area contributed by atoms with Gasteiger partial charge in [-0.1, -0.05) is 18.2 Å². The second-order valence-corrected chi connectivity index (χ2v) is 4.13. The Morgan fingerprint density at radius 3 is 2.40 bits per heavy atom. The van der Waals surface area contributed by atoms with Crippen molar-refractivity contribution in [1.29, 1.82) is 5.26 Å². The van der Waals surface area contributed by atoms with Crippen LogP contribution >= 0.6 is 0 Å². The van der Waals surface area contributed by atoms with E-state index < -0.39 is 0 Å². The Balaban J connectivity index is 2.03. The predicted molar refractivity (Wildman–Crippen MR) is 78.8 cm³/mol. The average Bonchev–Trinajstić information content (AvgIpc) is 2.49. The zero-order chi connectivity index (χ0) is 14.2. The second kappa shape index (κ2) is 6.95. The van der Waals surface area contributed by atoms with Gasteiger partial charge < -0.3 is 4.74 Å². The van der Waals surface area contributed by atoms with Gasteiger partial charge in [-0.15, -0.1) is 0 Å². The fraction of sp³-hybridized carbons (Fsp3) is 0.125. The van der Waals surface area contributed by atoms with Crippen LogP contribution in [-0.4, -0.2) is 12.3 Å². The molecule has 0 aliphatic rings. The molecule has 0 atom stereocenters. The van der Waals surface area contributed by atoms with Crippen molar-refractivity contribution in [3.63, 3.8) is 0 Å². The molecule has 0 amide bonds. The second-order valence-electron chi connectivity index (χ2n) is 4.13. The Morgan fingerprint density at radius 2 is 1.75 bits per heavy atom. The molecule has 0 aliphatic heterocycles. The van der Waals surface area contributed by atoms with Gasteiger partial charge in [-0.3, -0.25) is 5.43 Å². The van der Waals surface area contributed by atoms with Crippen molar-refractivity contribution in [2.24, 2.45) is 5.10 Å². The molecule has 2 aromatic carbocycles. The number of hydrogen-bond donors (Lipinski definition) is 1. The number of nitrogens with zero attached hydrogens (tertiary/aromatic N) is 2. The van der Waals surface area contributed by atoms with Crippen molar-refractivity contribution in [3.05, 3.63) is 60.2 Å². The lowest BCUT2D eigenvalue weighted by Crippen LogP contribution is -2.09. The lowest BCUT2D eigenvalue weighted by atomic mass is 10.1. The molecule has 0 radical (unpaired) electrons. The normalized spacial score (nSPS) is 10.7. The quantitative estimate of drug-likeness (QED) is 0.390. The molecule has 0 aliphatic carbocycles. The smallest absolute Gasteiger partial charge is 0.127 e. The molecule has 0 fully saturated rings. The van der Waals surface area contributed by atoms with E-state index in [0.29, 0.717) is 0 Å². The first kappa shape index (κ1) is 13.6. The highest BCUT2D eigenvalue weighted by atomic mass is 16.5. The monoisotopic (exact) mass is 265 g/mol. The van der Waals surface area contributed by atoms with E-state index >= 15 is 0 Å². The molecule has 100 valence electrons. The van der Waals surface area contributed by atoms with E-state index in [1.54, 1.807) is 0 Å². The topological polar surface area (TPSA) is 57.4 Å². The van der Waals surface area contributed by atoms with Crippen LogP contribution < -0.4 is 10.2 Å². The minimum atomic E-state index is 0.201. The van der Waals surface area contributed by atoms with Gasteiger partial charge in [0.05, 0.1) is 11.8 Å². The Labute approximate surface area is 118 Å². The summed E-state index contributed by atoms with van der Waals surface area (Å²) < 4.78 is 5.71. The number of para-hydroxylation sites is 1. The number of ether oxygens (including phenoxy) is 1. The van der Waals surface area contributed by atoms with Crippen molar-refractivity contribution in [2.45, 2.75) is 6.92 Å². The highest BCUT2D eigenvalue weighted by Gasteiger charge is 2.00. The number of benzene rings is 2. The summed E-state index contributed by atoms with van der Waals surface area (Å²) in [6.45, 7) is 2.09. The number of rotatable bonds is 5. The lowest BCUT2D eigenvalue weighted by molar-refractivity contribution is 0.482. The number of hydrogen-bond acceptors (Lipinski definition) is 4. The first-order chi connectivity index (χ1) is 9.79. The van der Waals surface area contributed by atoms with Crippen molar-refractivity contribution >= 4 is 5.71 Å². The van der Waals surface area contributed by atoms with Crippen LogP contribution in [-0.2, 0) is 0 Å². The van der Waals surface area contributed by atoms with Gasteiger partial charge in [0.2, 0.25) is 0 Å². The van der Waals surface area contributed by atoms with Gasteiger partial charge in [-0.25, -0.2) is 0 Å². The highest BCUT2D eigenvalue weighted by Crippen LogP contribution is 2.21. The maximum absolute atomic E-state index is 8.43. The fourth-order valence-corrected chi connectivity index (χ4v) is 1.65. The van der Waals surface area contributed by atoms with Crippen molar-refractivity contribution in [3.8, 4) is 17.6 Å². The lowest BCUT2D eigenvalue weighted by Gasteiger charge is -2.06. The van der Waals surface area contributed by atoms with Crippen LogP contribution in [0.15, 0.2) is 59.7 Å². The molecule has 4 nitrogen and oxygen atoms in total. The standard InChI is InChI=1S/C16H15N3O/c1-13(19-18-12-11-17)14-7-9-16(10-8-14)20-15-5-3-2-4-6-15/h2-10,18H,12H2,1H3/b19-13-. The van der Waals surface area contributed by atoms with Gasteiger partial charge in [0.25, 0.3) is 0 Å². The summed E-state index contributed by atoms with van der Waals surface area (Å²) in [5, 5.41) is 12.5. The van der Waals surface area contributed by atoms with Crippen molar-refractivity contribution in [1.82, 2.24) is 5.43 Å². The van der Waals surface area contributed by atoms with Crippen LogP contribution in [0.25, 0.3) is 0 Å². The predicted octanol–water partition coefficient (Wildman–Crippen LogP) is 3.32. The summed E-state index contributed by atoms with van der Waals surface area (Å²) in [6, 6.07) is 19.3. The molecule has 1 N–H and O–H groups in total. The van der Waals surface area contributed by atoms with Gasteiger partial charge in [0.1, 0.15) is 18.0 Å².